The molecule has 0 bridgehead atoms. The first-order chi connectivity index (χ1) is 6.25. The standard InChI is InChI=1S/C10H22N2O/c1-9(8-13-3)12(2)10-5-4-6-11-7-10/h9-11H,4-8H2,1-3H3. The zero-order valence-electron chi connectivity index (χ0n) is 9.05. The van der Waals surface area contributed by atoms with Gasteiger partial charge in [0.1, 0.15) is 0 Å². The Morgan fingerprint density at radius 3 is 2.92 bits per heavy atom. The van der Waals surface area contributed by atoms with Gasteiger partial charge in [0.2, 0.25) is 0 Å². The maximum atomic E-state index is 5.15. The molecular formula is C10H22N2O. The average Bonchev–Trinajstić information content (AvgIpc) is 2.18. The van der Waals surface area contributed by atoms with Gasteiger partial charge in [-0.1, -0.05) is 0 Å². The Morgan fingerprint density at radius 1 is 1.62 bits per heavy atom. The molecule has 0 radical (unpaired) electrons. The van der Waals surface area contributed by atoms with Crippen molar-refractivity contribution >= 4 is 0 Å². The summed E-state index contributed by atoms with van der Waals surface area (Å²) in [4.78, 5) is 2.43. The molecular weight excluding hydrogens is 164 g/mol. The Balaban J connectivity index is 2.31. The highest BCUT2D eigenvalue weighted by Crippen LogP contribution is 2.11. The number of nitrogens with zero attached hydrogens (tertiary/aromatic N) is 1. The molecule has 0 aliphatic carbocycles. The smallest absolute Gasteiger partial charge is 0.0615 e. The zero-order valence-corrected chi connectivity index (χ0v) is 9.05. The van der Waals surface area contributed by atoms with E-state index in [4.69, 9.17) is 4.74 Å². The molecule has 1 rings (SSSR count). The molecule has 3 heteroatoms. The van der Waals surface area contributed by atoms with Crippen molar-refractivity contribution in [2.75, 3.05) is 33.9 Å². The lowest BCUT2D eigenvalue weighted by atomic mass is 10.1. The summed E-state index contributed by atoms with van der Waals surface area (Å²) in [6.45, 7) is 5.36. The summed E-state index contributed by atoms with van der Waals surface area (Å²) in [5.74, 6) is 0. The number of rotatable bonds is 4. The lowest BCUT2D eigenvalue weighted by Crippen LogP contribution is -2.48. The fraction of sp³-hybridized carbons (Fsp3) is 1.00. The maximum absolute atomic E-state index is 5.15. The van der Waals surface area contributed by atoms with E-state index in [0.29, 0.717) is 12.1 Å². The van der Waals surface area contributed by atoms with Gasteiger partial charge in [-0.25, -0.2) is 0 Å². The second-order valence-corrected chi connectivity index (χ2v) is 3.97. The van der Waals surface area contributed by atoms with Crippen LogP contribution >= 0.6 is 0 Å². The van der Waals surface area contributed by atoms with Crippen molar-refractivity contribution in [3.63, 3.8) is 0 Å². The van der Waals surface area contributed by atoms with Crippen molar-refractivity contribution in [2.45, 2.75) is 31.8 Å². The second kappa shape index (κ2) is 5.58. The van der Waals surface area contributed by atoms with Gasteiger partial charge in [0.15, 0.2) is 0 Å². The Morgan fingerprint density at radius 2 is 2.38 bits per heavy atom. The molecule has 1 saturated heterocycles. The van der Waals surface area contributed by atoms with Crippen LogP contribution in [0.15, 0.2) is 0 Å². The van der Waals surface area contributed by atoms with Crippen LogP contribution in [-0.2, 0) is 4.74 Å². The first-order valence-electron chi connectivity index (χ1n) is 5.17. The summed E-state index contributed by atoms with van der Waals surface area (Å²) in [6, 6.07) is 1.22. The molecule has 78 valence electrons. The first kappa shape index (κ1) is 11.0. The van der Waals surface area contributed by atoms with Crippen LogP contribution in [0.4, 0.5) is 0 Å². The number of ether oxygens (including phenoxy) is 1. The number of methoxy groups -OCH3 is 1. The highest BCUT2D eigenvalue weighted by molar-refractivity contribution is 4.79. The number of hydrogen-bond donors (Lipinski definition) is 1. The lowest BCUT2D eigenvalue weighted by Gasteiger charge is -2.35. The summed E-state index contributed by atoms with van der Waals surface area (Å²) in [5.41, 5.74) is 0. The van der Waals surface area contributed by atoms with E-state index in [-0.39, 0.29) is 0 Å². The van der Waals surface area contributed by atoms with Gasteiger partial charge >= 0.3 is 0 Å². The van der Waals surface area contributed by atoms with E-state index in [0.717, 1.165) is 13.2 Å². The van der Waals surface area contributed by atoms with E-state index in [2.05, 4.69) is 24.2 Å². The molecule has 0 aromatic heterocycles. The Kier molecular flexibility index (Phi) is 4.70. The van der Waals surface area contributed by atoms with Gasteiger partial charge in [-0.05, 0) is 33.4 Å². The summed E-state index contributed by atoms with van der Waals surface area (Å²) < 4.78 is 5.15. The largest absolute Gasteiger partial charge is 0.383 e. The molecule has 0 aromatic rings. The molecule has 0 spiro atoms. The zero-order chi connectivity index (χ0) is 9.68. The molecule has 13 heavy (non-hydrogen) atoms. The fourth-order valence-corrected chi connectivity index (χ4v) is 1.90. The van der Waals surface area contributed by atoms with Gasteiger partial charge in [0, 0.05) is 25.7 Å². The van der Waals surface area contributed by atoms with Crippen molar-refractivity contribution in [3.8, 4) is 0 Å². The van der Waals surface area contributed by atoms with Gasteiger partial charge in [-0.15, -0.1) is 0 Å². The van der Waals surface area contributed by atoms with Crippen molar-refractivity contribution < 1.29 is 4.74 Å². The van der Waals surface area contributed by atoms with Crippen molar-refractivity contribution in [2.24, 2.45) is 0 Å². The third-order valence-corrected chi connectivity index (χ3v) is 2.95. The molecule has 0 saturated carbocycles. The Labute approximate surface area is 81.4 Å². The van der Waals surface area contributed by atoms with E-state index in [1.165, 1.54) is 19.4 Å². The molecule has 2 atom stereocenters. The van der Waals surface area contributed by atoms with E-state index in [1.54, 1.807) is 7.11 Å². The molecule has 1 heterocycles. The first-order valence-corrected chi connectivity index (χ1v) is 5.17. The number of likely N-dealkylation sites (N-methyl/N-ethyl adjacent to an activating group) is 1. The van der Waals surface area contributed by atoms with Gasteiger partial charge in [-0.3, -0.25) is 4.90 Å². The Bertz CT molecular complexity index is 135. The minimum atomic E-state index is 0.523. The van der Waals surface area contributed by atoms with Crippen LogP contribution < -0.4 is 5.32 Å². The Hall–Kier alpha value is -0.120. The predicted octanol–water partition coefficient (Wildman–Crippen LogP) is 0.705. The fourth-order valence-electron chi connectivity index (χ4n) is 1.90. The highest BCUT2D eigenvalue weighted by atomic mass is 16.5. The lowest BCUT2D eigenvalue weighted by molar-refractivity contribution is 0.0801. The van der Waals surface area contributed by atoms with E-state index < -0.39 is 0 Å². The van der Waals surface area contributed by atoms with Crippen LogP contribution in [0.25, 0.3) is 0 Å². The molecule has 2 unspecified atom stereocenters. The van der Waals surface area contributed by atoms with Crippen molar-refractivity contribution in [3.05, 3.63) is 0 Å². The monoisotopic (exact) mass is 186 g/mol. The topological polar surface area (TPSA) is 24.5 Å². The van der Waals surface area contributed by atoms with E-state index in [9.17, 15) is 0 Å². The molecule has 1 fully saturated rings. The summed E-state index contributed by atoms with van der Waals surface area (Å²) >= 11 is 0. The molecule has 3 nitrogen and oxygen atoms in total. The normalized spacial score (nSPS) is 26.3. The third-order valence-electron chi connectivity index (χ3n) is 2.95. The molecule has 1 N–H and O–H groups in total. The van der Waals surface area contributed by atoms with Crippen LogP contribution in [0.3, 0.4) is 0 Å². The second-order valence-electron chi connectivity index (χ2n) is 3.97. The third kappa shape index (κ3) is 3.25. The summed E-state index contributed by atoms with van der Waals surface area (Å²) in [5, 5.41) is 3.43. The van der Waals surface area contributed by atoms with Crippen LogP contribution in [0.2, 0.25) is 0 Å². The van der Waals surface area contributed by atoms with Crippen molar-refractivity contribution in [1.82, 2.24) is 10.2 Å². The molecule has 0 amide bonds. The average molecular weight is 186 g/mol. The van der Waals surface area contributed by atoms with Gasteiger partial charge in [-0.2, -0.15) is 0 Å². The van der Waals surface area contributed by atoms with Crippen LogP contribution in [0, 0.1) is 0 Å². The summed E-state index contributed by atoms with van der Waals surface area (Å²) in [6.07, 6.45) is 2.62. The van der Waals surface area contributed by atoms with Crippen LogP contribution in [-0.4, -0.2) is 50.8 Å². The number of hydrogen-bond acceptors (Lipinski definition) is 3. The predicted molar refractivity (Wildman–Crippen MR) is 55.0 cm³/mol. The van der Waals surface area contributed by atoms with E-state index >= 15 is 0 Å². The van der Waals surface area contributed by atoms with Gasteiger partial charge in [0.05, 0.1) is 6.61 Å². The van der Waals surface area contributed by atoms with Crippen LogP contribution in [0.5, 0.6) is 0 Å². The minimum Gasteiger partial charge on any atom is -0.383 e. The van der Waals surface area contributed by atoms with Crippen LogP contribution in [0.1, 0.15) is 19.8 Å². The summed E-state index contributed by atoms with van der Waals surface area (Å²) in [7, 11) is 3.96. The number of piperidine rings is 1. The van der Waals surface area contributed by atoms with Crippen molar-refractivity contribution in [1.29, 1.82) is 0 Å². The molecule has 0 aromatic carbocycles. The minimum absolute atomic E-state index is 0.523. The van der Waals surface area contributed by atoms with Gasteiger partial charge in [0.25, 0.3) is 0 Å². The SMILES string of the molecule is COCC(C)N(C)C1CCCNC1. The maximum Gasteiger partial charge on any atom is 0.0615 e. The molecule has 1 aliphatic rings. The van der Waals surface area contributed by atoms with E-state index in [1.807, 2.05) is 0 Å². The molecule has 1 aliphatic heterocycles. The quantitative estimate of drug-likeness (QED) is 0.699. The number of nitrogens with one attached hydrogen (secondary N) is 1. The van der Waals surface area contributed by atoms with Gasteiger partial charge < -0.3 is 10.1 Å². The highest BCUT2D eigenvalue weighted by Gasteiger charge is 2.21.